The average Bonchev–Trinajstić information content (AvgIpc) is 2.35. The maximum absolute atomic E-state index is 13.7. The fourth-order valence-corrected chi connectivity index (χ4v) is 1.76. The van der Waals surface area contributed by atoms with Crippen molar-refractivity contribution in [2.45, 2.75) is 6.42 Å². The van der Waals surface area contributed by atoms with Crippen LogP contribution in [0.4, 0.5) is 8.78 Å². The van der Waals surface area contributed by atoms with Crippen LogP contribution in [0.2, 0.25) is 5.15 Å². The molecule has 0 amide bonds. The monoisotopic (exact) mass is 264 g/mol. The van der Waals surface area contributed by atoms with E-state index in [2.05, 4.69) is 4.98 Å². The zero-order valence-electron chi connectivity index (χ0n) is 9.12. The van der Waals surface area contributed by atoms with Crippen LogP contribution in [0.1, 0.15) is 5.56 Å². The molecule has 1 aromatic heterocycles. The summed E-state index contributed by atoms with van der Waals surface area (Å²) in [5.74, 6) is -1.95. The highest BCUT2D eigenvalue weighted by Gasteiger charge is 2.14. The highest BCUT2D eigenvalue weighted by atomic mass is 35.5. The number of nitrogens with zero attached hydrogens (tertiary/aromatic N) is 2. The minimum Gasteiger partial charge on any atom is -0.236 e. The Balaban J connectivity index is 2.66. The average molecular weight is 265 g/mol. The second-order valence-corrected chi connectivity index (χ2v) is 3.97. The number of pyridine rings is 1. The number of aromatic nitrogens is 1. The second kappa shape index (κ2) is 5.11. The fraction of sp³-hybridized carbons (Fsp3) is 0.0769. The van der Waals surface area contributed by atoms with Gasteiger partial charge in [-0.3, -0.25) is 0 Å². The summed E-state index contributed by atoms with van der Waals surface area (Å²) in [6.45, 7) is 0. The molecule has 0 bridgehead atoms. The van der Waals surface area contributed by atoms with Crippen molar-refractivity contribution in [3.8, 4) is 17.3 Å². The third-order valence-corrected chi connectivity index (χ3v) is 2.63. The van der Waals surface area contributed by atoms with Gasteiger partial charge in [0, 0.05) is 5.56 Å². The molecule has 90 valence electrons. The second-order valence-electron chi connectivity index (χ2n) is 3.58. The molecule has 0 N–H and O–H groups in total. The molecule has 1 heterocycles. The molecular weight excluding hydrogens is 258 g/mol. The third-order valence-electron chi connectivity index (χ3n) is 2.42. The highest BCUT2D eigenvalue weighted by Crippen LogP contribution is 2.27. The fourth-order valence-electron chi connectivity index (χ4n) is 1.61. The van der Waals surface area contributed by atoms with E-state index >= 15 is 0 Å². The summed E-state index contributed by atoms with van der Waals surface area (Å²) in [5, 5.41) is 8.87. The van der Waals surface area contributed by atoms with Crippen molar-refractivity contribution in [1.29, 1.82) is 5.26 Å². The van der Waals surface area contributed by atoms with E-state index in [-0.39, 0.29) is 22.8 Å². The van der Waals surface area contributed by atoms with Gasteiger partial charge in [0.25, 0.3) is 0 Å². The molecule has 1 aromatic carbocycles. The van der Waals surface area contributed by atoms with Crippen molar-refractivity contribution >= 4 is 11.6 Å². The van der Waals surface area contributed by atoms with Crippen LogP contribution in [0.3, 0.4) is 0 Å². The maximum Gasteiger partial charge on any atom is 0.168 e. The van der Waals surface area contributed by atoms with Crippen LogP contribution >= 0.6 is 11.6 Å². The number of halogens is 3. The van der Waals surface area contributed by atoms with Gasteiger partial charge in [-0.2, -0.15) is 5.26 Å². The van der Waals surface area contributed by atoms with E-state index in [1.54, 1.807) is 6.07 Å². The summed E-state index contributed by atoms with van der Waals surface area (Å²) in [4.78, 5) is 3.97. The largest absolute Gasteiger partial charge is 0.236 e. The zero-order valence-corrected chi connectivity index (χ0v) is 9.88. The Kier molecular flexibility index (Phi) is 3.54. The molecule has 0 fully saturated rings. The van der Waals surface area contributed by atoms with Gasteiger partial charge in [0.15, 0.2) is 11.6 Å². The van der Waals surface area contributed by atoms with E-state index in [4.69, 9.17) is 16.9 Å². The van der Waals surface area contributed by atoms with Crippen LogP contribution in [-0.4, -0.2) is 4.98 Å². The van der Waals surface area contributed by atoms with Gasteiger partial charge in [-0.15, -0.1) is 0 Å². The van der Waals surface area contributed by atoms with Gasteiger partial charge in [0.1, 0.15) is 5.15 Å². The number of nitriles is 1. The summed E-state index contributed by atoms with van der Waals surface area (Å²) >= 11 is 5.75. The molecule has 0 aliphatic rings. The standard InChI is InChI=1S/C13H7ClF2N2/c14-11-5-4-8(6-7-17)13(18-11)9-2-1-3-10(15)12(9)16/h1-5H,6H2. The Morgan fingerprint density at radius 2 is 2.00 bits per heavy atom. The van der Waals surface area contributed by atoms with Crippen LogP contribution in [0, 0.1) is 23.0 Å². The van der Waals surface area contributed by atoms with Crippen molar-refractivity contribution in [2.24, 2.45) is 0 Å². The first-order valence-electron chi connectivity index (χ1n) is 5.10. The molecule has 0 atom stereocenters. The molecule has 0 spiro atoms. The number of hydrogen-bond donors (Lipinski definition) is 0. The van der Waals surface area contributed by atoms with E-state index in [1.165, 1.54) is 18.2 Å². The van der Waals surface area contributed by atoms with E-state index < -0.39 is 11.6 Å². The quantitative estimate of drug-likeness (QED) is 0.775. The predicted octanol–water partition coefficient (Wildman–Crippen LogP) is 3.75. The molecule has 18 heavy (non-hydrogen) atoms. The van der Waals surface area contributed by atoms with Crippen LogP contribution in [-0.2, 0) is 6.42 Å². The SMILES string of the molecule is N#CCc1ccc(Cl)nc1-c1cccc(F)c1F. The van der Waals surface area contributed by atoms with Crippen LogP contribution in [0.15, 0.2) is 30.3 Å². The first-order chi connectivity index (χ1) is 8.63. The smallest absolute Gasteiger partial charge is 0.168 e. The van der Waals surface area contributed by atoms with E-state index in [9.17, 15) is 8.78 Å². The van der Waals surface area contributed by atoms with Crippen LogP contribution < -0.4 is 0 Å². The van der Waals surface area contributed by atoms with Gasteiger partial charge >= 0.3 is 0 Å². The van der Waals surface area contributed by atoms with E-state index in [0.29, 0.717) is 5.56 Å². The van der Waals surface area contributed by atoms with Crippen molar-refractivity contribution in [3.63, 3.8) is 0 Å². The summed E-state index contributed by atoms with van der Waals surface area (Å²) < 4.78 is 26.9. The van der Waals surface area contributed by atoms with Gasteiger partial charge < -0.3 is 0 Å². The van der Waals surface area contributed by atoms with Gasteiger partial charge in [-0.25, -0.2) is 13.8 Å². The summed E-state index contributed by atoms with van der Waals surface area (Å²) in [5.41, 5.74) is 0.704. The van der Waals surface area contributed by atoms with Gasteiger partial charge in [0.2, 0.25) is 0 Å². The molecule has 5 heteroatoms. The molecule has 0 saturated carbocycles. The van der Waals surface area contributed by atoms with E-state index in [0.717, 1.165) is 6.07 Å². The van der Waals surface area contributed by atoms with Crippen LogP contribution in [0.5, 0.6) is 0 Å². The number of rotatable bonds is 2. The highest BCUT2D eigenvalue weighted by molar-refractivity contribution is 6.29. The molecular formula is C13H7ClF2N2. The Morgan fingerprint density at radius 3 is 2.72 bits per heavy atom. The number of benzene rings is 1. The van der Waals surface area contributed by atoms with Gasteiger partial charge in [-0.1, -0.05) is 23.7 Å². The lowest BCUT2D eigenvalue weighted by Gasteiger charge is -2.08. The molecule has 0 unspecified atom stereocenters. The Hall–Kier alpha value is -1.99. The van der Waals surface area contributed by atoms with E-state index in [1.807, 2.05) is 6.07 Å². The lowest BCUT2D eigenvalue weighted by Crippen LogP contribution is -1.97. The van der Waals surface area contributed by atoms with Crippen molar-refractivity contribution in [1.82, 2.24) is 4.98 Å². The van der Waals surface area contributed by atoms with Gasteiger partial charge in [0.05, 0.1) is 18.2 Å². The Morgan fingerprint density at radius 1 is 1.22 bits per heavy atom. The molecule has 2 aromatic rings. The lowest BCUT2D eigenvalue weighted by atomic mass is 10.0. The molecule has 0 aliphatic heterocycles. The van der Waals surface area contributed by atoms with Crippen molar-refractivity contribution < 1.29 is 8.78 Å². The topological polar surface area (TPSA) is 36.7 Å². The Bertz CT molecular complexity index is 635. The molecule has 0 aliphatic carbocycles. The summed E-state index contributed by atoms with van der Waals surface area (Å²) in [6, 6.07) is 8.84. The maximum atomic E-state index is 13.7. The summed E-state index contributed by atoms with van der Waals surface area (Å²) in [6.07, 6.45) is 0.0510. The first kappa shape index (κ1) is 12.5. The zero-order chi connectivity index (χ0) is 13.1. The van der Waals surface area contributed by atoms with Crippen molar-refractivity contribution in [3.05, 3.63) is 52.7 Å². The molecule has 0 saturated heterocycles. The minimum absolute atomic E-state index is 0.00255. The molecule has 0 radical (unpaired) electrons. The lowest BCUT2D eigenvalue weighted by molar-refractivity contribution is 0.511. The first-order valence-corrected chi connectivity index (χ1v) is 5.48. The molecule has 2 nitrogen and oxygen atoms in total. The number of hydrogen-bond acceptors (Lipinski definition) is 2. The Labute approximate surface area is 107 Å². The third kappa shape index (κ3) is 2.31. The normalized spacial score (nSPS) is 10.1. The van der Waals surface area contributed by atoms with Gasteiger partial charge in [-0.05, 0) is 23.8 Å². The minimum atomic E-state index is -0.994. The van der Waals surface area contributed by atoms with Crippen molar-refractivity contribution in [2.75, 3.05) is 0 Å². The molecule has 2 rings (SSSR count). The van der Waals surface area contributed by atoms with Crippen LogP contribution in [0.25, 0.3) is 11.3 Å². The predicted molar refractivity (Wildman–Crippen MR) is 63.9 cm³/mol. The summed E-state index contributed by atoms with van der Waals surface area (Å²) in [7, 11) is 0.